The monoisotopic (exact) mass is 350 g/mol. The van der Waals surface area contributed by atoms with Crippen LogP contribution in [-0.4, -0.2) is 59.7 Å². The highest BCUT2D eigenvalue weighted by molar-refractivity contribution is 7.89. The van der Waals surface area contributed by atoms with Gasteiger partial charge in [0.1, 0.15) is 0 Å². The summed E-state index contributed by atoms with van der Waals surface area (Å²) in [5.41, 5.74) is 1.43. The van der Waals surface area contributed by atoms with Crippen molar-refractivity contribution in [2.24, 2.45) is 0 Å². The average molecular weight is 350 g/mol. The molecule has 0 radical (unpaired) electrons. The van der Waals surface area contributed by atoms with Crippen LogP contribution in [0, 0.1) is 0 Å². The van der Waals surface area contributed by atoms with Crippen LogP contribution in [0.4, 0.5) is 0 Å². The first kappa shape index (κ1) is 16.9. The van der Waals surface area contributed by atoms with Crippen molar-refractivity contribution in [3.63, 3.8) is 0 Å². The van der Waals surface area contributed by atoms with Crippen LogP contribution in [0.3, 0.4) is 0 Å². The minimum atomic E-state index is -3.55. The van der Waals surface area contributed by atoms with Crippen molar-refractivity contribution in [1.82, 2.24) is 19.2 Å². The van der Waals surface area contributed by atoms with E-state index in [-0.39, 0.29) is 10.8 Å². The number of sulfonamides is 1. The third-order valence-electron chi connectivity index (χ3n) is 4.37. The quantitative estimate of drug-likeness (QED) is 0.887. The van der Waals surface area contributed by atoms with Gasteiger partial charge in [0, 0.05) is 32.6 Å². The fourth-order valence-corrected chi connectivity index (χ4v) is 4.34. The lowest BCUT2D eigenvalue weighted by atomic mass is 10.2. The maximum Gasteiger partial charge on any atom is 0.243 e. The molecule has 0 saturated carbocycles. The number of piperazine rings is 1. The molecule has 1 saturated heterocycles. The number of aromatic nitrogens is 2. The van der Waals surface area contributed by atoms with Gasteiger partial charge in [0.2, 0.25) is 15.9 Å². The molecule has 7 nitrogen and oxygen atoms in total. The molecule has 0 atom stereocenters. The molecule has 1 aliphatic heterocycles. The number of aromatic amines is 1. The number of H-pyrrole nitrogens is 1. The third kappa shape index (κ3) is 3.29. The molecule has 1 aromatic carbocycles. The van der Waals surface area contributed by atoms with Gasteiger partial charge in [0.15, 0.2) is 0 Å². The summed E-state index contributed by atoms with van der Waals surface area (Å²) in [6, 6.07) is 4.89. The van der Waals surface area contributed by atoms with Crippen LogP contribution in [0.25, 0.3) is 11.0 Å². The van der Waals surface area contributed by atoms with E-state index in [9.17, 15) is 13.2 Å². The van der Waals surface area contributed by atoms with Crippen molar-refractivity contribution in [1.29, 1.82) is 0 Å². The standard InChI is InChI=1S/C16H22N4O3S/c1-2-3-4-16(21)19-7-9-20(10-8-19)24(22,23)13-5-6-14-15(11-13)18-12-17-14/h5-6,11-12H,2-4,7-10H2,1H3,(H,17,18). The van der Waals surface area contributed by atoms with E-state index in [2.05, 4.69) is 9.97 Å². The number of nitrogens with one attached hydrogen (secondary N) is 1. The number of nitrogens with zero attached hydrogens (tertiary/aromatic N) is 3. The predicted molar refractivity (Wildman–Crippen MR) is 91.0 cm³/mol. The molecule has 3 rings (SSSR count). The second-order valence-corrected chi connectivity index (χ2v) is 7.91. The number of hydrogen-bond acceptors (Lipinski definition) is 4. The Morgan fingerprint density at radius 1 is 1.25 bits per heavy atom. The molecule has 2 aromatic rings. The van der Waals surface area contributed by atoms with E-state index >= 15 is 0 Å². The molecule has 130 valence electrons. The van der Waals surface area contributed by atoms with Crippen LogP contribution in [0.1, 0.15) is 26.2 Å². The zero-order valence-corrected chi connectivity index (χ0v) is 14.6. The second-order valence-electron chi connectivity index (χ2n) is 5.97. The summed E-state index contributed by atoms with van der Waals surface area (Å²) in [7, 11) is -3.55. The fourth-order valence-electron chi connectivity index (χ4n) is 2.89. The van der Waals surface area contributed by atoms with Gasteiger partial charge >= 0.3 is 0 Å². The van der Waals surface area contributed by atoms with Gasteiger partial charge in [0.05, 0.1) is 22.3 Å². The Kier molecular flexibility index (Phi) is 4.86. The summed E-state index contributed by atoms with van der Waals surface area (Å²) in [6.07, 6.45) is 3.94. The Morgan fingerprint density at radius 3 is 2.71 bits per heavy atom. The van der Waals surface area contributed by atoms with E-state index in [4.69, 9.17) is 0 Å². The number of carbonyl (C=O) groups excluding carboxylic acids is 1. The Bertz CT molecular complexity index is 823. The Hall–Kier alpha value is -1.93. The van der Waals surface area contributed by atoms with Gasteiger partial charge in [-0.1, -0.05) is 13.3 Å². The molecule has 8 heteroatoms. The van der Waals surface area contributed by atoms with E-state index in [0.29, 0.717) is 38.1 Å². The summed E-state index contributed by atoms with van der Waals surface area (Å²) in [6.45, 7) is 3.62. The molecular weight excluding hydrogens is 328 g/mol. The van der Waals surface area contributed by atoms with E-state index in [0.717, 1.165) is 18.4 Å². The number of rotatable bonds is 5. The van der Waals surface area contributed by atoms with Gasteiger partial charge < -0.3 is 9.88 Å². The number of benzene rings is 1. The Labute approximate surface area is 141 Å². The smallest absolute Gasteiger partial charge is 0.243 e. The number of imidazole rings is 1. The lowest BCUT2D eigenvalue weighted by molar-refractivity contribution is -0.132. The lowest BCUT2D eigenvalue weighted by Crippen LogP contribution is -2.50. The molecular formula is C16H22N4O3S. The molecule has 0 aliphatic carbocycles. The molecule has 1 amide bonds. The molecule has 0 unspecified atom stereocenters. The van der Waals surface area contributed by atoms with Crippen LogP contribution in [0.2, 0.25) is 0 Å². The molecule has 0 spiro atoms. The van der Waals surface area contributed by atoms with E-state index in [1.54, 1.807) is 29.4 Å². The number of unbranched alkanes of at least 4 members (excludes halogenated alkanes) is 1. The van der Waals surface area contributed by atoms with Crippen LogP contribution < -0.4 is 0 Å². The number of hydrogen-bond donors (Lipinski definition) is 1. The maximum atomic E-state index is 12.8. The maximum absolute atomic E-state index is 12.8. The summed E-state index contributed by atoms with van der Waals surface area (Å²) >= 11 is 0. The van der Waals surface area contributed by atoms with Crippen LogP contribution >= 0.6 is 0 Å². The normalized spacial score (nSPS) is 16.6. The summed E-state index contributed by atoms with van der Waals surface area (Å²) < 4.78 is 27.0. The van der Waals surface area contributed by atoms with Crippen LogP contribution in [-0.2, 0) is 14.8 Å². The van der Waals surface area contributed by atoms with Crippen molar-refractivity contribution >= 4 is 27.0 Å². The summed E-state index contributed by atoms with van der Waals surface area (Å²) in [5.74, 6) is 0.118. The van der Waals surface area contributed by atoms with Gasteiger partial charge in [-0.25, -0.2) is 13.4 Å². The first-order valence-electron chi connectivity index (χ1n) is 8.23. The fraction of sp³-hybridized carbons (Fsp3) is 0.500. The third-order valence-corrected chi connectivity index (χ3v) is 6.26. The predicted octanol–water partition coefficient (Wildman–Crippen LogP) is 1.59. The number of amides is 1. The summed E-state index contributed by atoms with van der Waals surface area (Å²) in [5, 5.41) is 0. The zero-order chi connectivity index (χ0) is 17.2. The average Bonchev–Trinajstić information content (AvgIpc) is 3.07. The highest BCUT2D eigenvalue weighted by Crippen LogP contribution is 2.21. The molecule has 1 aliphatic rings. The van der Waals surface area contributed by atoms with Crippen LogP contribution in [0.15, 0.2) is 29.4 Å². The van der Waals surface area contributed by atoms with Gasteiger partial charge in [-0.3, -0.25) is 4.79 Å². The number of carbonyl (C=O) groups is 1. The van der Waals surface area contributed by atoms with Crippen LogP contribution in [0.5, 0.6) is 0 Å². The molecule has 1 fully saturated rings. The molecule has 1 N–H and O–H groups in total. The largest absolute Gasteiger partial charge is 0.345 e. The number of fused-ring (bicyclic) bond motifs is 1. The lowest BCUT2D eigenvalue weighted by Gasteiger charge is -2.34. The van der Waals surface area contributed by atoms with Gasteiger partial charge in [-0.2, -0.15) is 4.31 Å². The van der Waals surface area contributed by atoms with E-state index in [1.807, 2.05) is 6.92 Å². The van der Waals surface area contributed by atoms with Crippen molar-refractivity contribution < 1.29 is 13.2 Å². The van der Waals surface area contributed by atoms with E-state index in [1.165, 1.54) is 4.31 Å². The second kappa shape index (κ2) is 6.90. The SMILES string of the molecule is CCCCC(=O)N1CCN(S(=O)(=O)c2ccc3nc[nH]c3c2)CC1. The molecule has 0 bridgehead atoms. The molecule has 1 aromatic heterocycles. The minimum absolute atomic E-state index is 0.118. The highest BCUT2D eigenvalue weighted by Gasteiger charge is 2.30. The van der Waals surface area contributed by atoms with Gasteiger partial charge in [-0.15, -0.1) is 0 Å². The van der Waals surface area contributed by atoms with E-state index < -0.39 is 10.0 Å². The Balaban J connectivity index is 1.69. The van der Waals surface area contributed by atoms with Crippen molar-refractivity contribution in [3.8, 4) is 0 Å². The Morgan fingerprint density at radius 2 is 2.00 bits per heavy atom. The first-order chi connectivity index (χ1) is 11.5. The minimum Gasteiger partial charge on any atom is -0.345 e. The topological polar surface area (TPSA) is 86.4 Å². The molecule has 24 heavy (non-hydrogen) atoms. The van der Waals surface area contributed by atoms with Crippen molar-refractivity contribution in [2.75, 3.05) is 26.2 Å². The first-order valence-corrected chi connectivity index (χ1v) is 9.67. The van der Waals surface area contributed by atoms with Gasteiger partial charge in [0.25, 0.3) is 0 Å². The summed E-state index contributed by atoms with van der Waals surface area (Å²) in [4.78, 5) is 21.1. The van der Waals surface area contributed by atoms with Gasteiger partial charge in [-0.05, 0) is 24.6 Å². The van der Waals surface area contributed by atoms with Crippen molar-refractivity contribution in [2.45, 2.75) is 31.1 Å². The van der Waals surface area contributed by atoms with Crippen molar-refractivity contribution in [3.05, 3.63) is 24.5 Å². The zero-order valence-electron chi connectivity index (χ0n) is 13.7. The molecule has 2 heterocycles. The highest BCUT2D eigenvalue weighted by atomic mass is 32.2.